The Hall–Kier alpha value is -7.12. The van der Waals surface area contributed by atoms with Crippen molar-refractivity contribution in [3.63, 3.8) is 0 Å². The fourth-order valence-electron chi connectivity index (χ4n) is 7.17. The fraction of sp³-hybridized carbons (Fsp3) is 0. The summed E-state index contributed by atoms with van der Waals surface area (Å²) in [7, 11) is 0. The zero-order valence-corrected chi connectivity index (χ0v) is 26.9. The molecule has 0 bridgehead atoms. The highest BCUT2D eigenvalue weighted by atomic mass is 16.4. The second-order valence-corrected chi connectivity index (χ2v) is 12.6. The first-order chi connectivity index (χ1) is 25.2. The number of oxazole rings is 1. The first kappa shape index (κ1) is 27.8. The van der Waals surface area contributed by atoms with Crippen molar-refractivity contribution >= 4 is 65.7 Å². The molecule has 4 aromatic heterocycles. The first-order valence-electron chi connectivity index (χ1n) is 16.7. The average Bonchev–Trinajstić information content (AvgIpc) is 3.91. The Bertz CT molecular complexity index is 3140. The zero-order chi connectivity index (χ0) is 33.5. The summed E-state index contributed by atoms with van der Waals surface area (Å²) in [6.07, 6.45) is 0. The first-order valence-corrected chi connectivity index (χ1v) is 16.7. The van der Waals surface area contributed by atoms with Gasteiger partial charge in [0.2, 0.25) is 5.89 Å². The maximum absolute atomic E-state index is 6.47. The summed E-state index contributed by atoms with van der Waals surface area (Å²) in [6, 6.07) is 48.4. The number of rotatable bonds is 4. The SMILES string of the molecule is c1ccc(-c2nc(-c3ccc4ccc5oc6ccc7nc(-c8ccccc8)oc7c6c5c4c3)nc(-c3cccc4c3oc3ccccc34)n2)cc1. The zero-order valence-electron chi connectivity index (χ0n) is 26.9. The fourth-order valence-corrected chi connectivity index (χ4v) is 7.17. The summed E-state index contributed by atoms with van der Waals surface area (Å²) in [5.41, 5.74) is 7.97. The van der Waals surface area contributed by atoms with E-state index in [1.807, 2.05) is 109 Å². The summed E-state index contributed by atoms with van der Waals surface area (Å²) in [5, 5.41) is 5.96. The van der Waals surface area contributed by atoms with E-state index in [1.165, 1.54) is 0 Å². The molecule has 0 spiro atoms. The van der Waals surface area contributed by atoms with E-state index < -0.39 is 0 Å². The normalized spacial score (nSPS) is 11.9. The minimum atomic E-state index is 0.535. The highest BCUT2D eigenvalue weighted by Gasteiger charge is 2.21. The van der Waals surface area contributed by atoms with Crippen LogP contribution >= 0.6 is 0 Å². The van der Waals surface area contributed by atoms with Gasteiger partial charge in [-0.05, 0) is 59.3 Å². The van der Waals surface area contributed by atoms with Crippen molar-refractivity contribution in [1.29, 1.82) is 0 Å². The van der Waals surface area contributed by atoms with Crippen molar-refractivity contribution in [2.45, 2.75) is 0 Å². The molecule has 238 valence electrons. The summed E-state index contributed by atoms with van der Waals surface area (Å²) < 4.78 is 19.3. The van der Waals surface area contributed by atoms with Crippen molar-refractivity contribution in [1.82, 2.24) is 19.9 Å². The number of fused-ring (bicyclic) bond motifs is 10. The van der Waals surface area contributed by atoms with Gasteiger partial charge in [0.05, 0.1) is 10.9 Å². The van der Waals surface area contributed by atoms with Gasteiger partial charge in [-0.2, -0.15) is 0 Å². The third-order valence-corrected chi connectivity index (χ3v) is 9.56. The van der Waals surface area contributed by atoms with E-state index in [1.54, 1.807) is 0 Å². The number of hydrogen-bond acceptors (Lipinski definition) is 7. The van der Waals surface area contributed by atoms with E-state index >= 15 is 0 Å². The van der Waals surface area contributed by atoms with Gasteiger partial charge in [-0.15, -0.1) is 0 Å². The molecule has 0 radical (unpaired) electrons. The van der Waals surface area contributed by atoms with Gasteiger partial charge >= 0.3 is 0 Å². The molecule has 0 saturated carbocycles. The van der Waals surface area contributed by atoms with Gasteiger partial charge in [0.1, 0.15) is 27.8 Å². The summed E-state index contributed by atoms with van der Waals surface area (Å²) in [6.45, 7) is 0. The lowest BCUT2D eigenvalue weighted by atomic mass is 10.0. The number of para-hydroxylation sites is 2. The van der Waals surface area contributed by atoms with Gasteiger partial charge in [-0.25, -0.2) is 19.9 Å². The second-order valence-electron chi connectivity index (χ2n) is 12.6. The lowest BCUT2D eigenvalue weighted by Crippen LogP contribution is -2.00. The molecule has 4 heterocycles. The van der Waals surface area contributed by atoms with Gasteiger partial charge in [-0.3, -0.25) is 0 Å². The number of furan rings is 2. The Morgan fingerprint density at radius 1 is 0.373 bits per heavy atom. The Labute approximate surface area is 289 Å². The van der Waals surface area contributed by atoms with E-state index in [0.717, 1.165) is 82.4 Å². The lowest BCUT2D eigenvalue weighted by molar-refractivity contribution is 0.622. The average molecular weight is 657 g/mol. The maximum Gasteiger partial charge on any atom is 0.227 e. The quantitative estimate of drug-likeness (QED) is 0.186. The molecule has 0 amide bonds. The highest BCUT2D eigenvalue weighted by molar-refractivity contribution is 6.25. The standard InChI is InChI=1S/C44H24N4O3/c1-3-10-26(11-4-1)41-46-42(48-43(47-41)31-16-9-15-30-29-14-7-8-17-34(29)50-39(30)31)28-19-18-25-20-22-35-37(32(25)24-28)38-36(49-35)23-21-33-40(38)51-44(45-33)27-12-5-2-6-13-27/h1-24H. The van der Waals surface area contributed by atoms with Gasteiger partial charge in [0.25, 0.3) is 0 Å². The molecule has 0 fully saturated rings. The Balaban J connectivity index is 1.15. The van der Waals surface area contributed by atoms with E-state index in [2.05, 4.69) is 36.4 Å². The number of aromatic nitrogens is 4. The van der Waals surface area contributed by atoms with Gasteiger partial charge in [0, 0.05) is 32.8 Å². The molecule has 7 nitrogen and oxygen atoms in total. The van der Waals surface area contributed by atoms with Crippen molar-refractivity contribution in [2.24, 2.45) is 0 Å². The molecule has 0 aliphatic rings. The number of nitrogens with zero attached hydrogens (tertiary/aromatic N) is 4. The Morgan fingerprint density at radius 2 is 1.06 bits per heavy atom. The minimum absolute atomic E-state index is 0.535. The van der Waals surface area contributed by atoms with E-state index in [4.69, 9.17) is 33.2 Å². The molecule has 7 heteroatoms. The molecule has 7 aromatic carbocycles. The Kier molecular flexibility index (Phi) is 5.83. The van der Waals surface area contributed by atoms with Gasteiger partial charge in [0.15, 0.2) is 23.1 Å². The molecule has 0 aliphatic heterocycles. The minimum Gasteiger partial charge on any atom is -0.456 e. The van der Waals surface area contributed by atoms with Crippen LogP contribution in [0.1, 0.15) is 0 Å². The van der Waals surface area contributed by atoms with E-state index in [-0.39, 0.29) is 0 Å². The summed E-state index contributed by atoms with van der Waals surface area (Å²) in [4.78, 5) is 20.0. The van der Waals surface area contributed by atoms with Crippen molar-refractivity contribution in [3.05, 3.63) is 146 Å². The lowest BCUT2D eigenvalue weighted by Gasteiger charge is -2.10. The van der Waals surface area contributed by atoms with Gasteiger partial charge in [-0.1, -0.05) is 97.1 Å². The van der Waals surface area contributed by atoms with Crippen LogP contribution in [-0.4, -0.2) is 19.9 Å². The van der Waals surface area contributed by atoms with Crippen LogP contribution in [0.5, 0.6) is 0 Å². The molecule has 11 aromatic rings. The molecule has 0 unspecified atom stereocenters. The van der Waals surface area contributed by atoms with Crippen LogP contribution in [0.3, 0.4) is 0 Å². The topological polar surface area (TPSA) is 91.0 Å². The van der Waals surface area contributed by atoms with Gasteiger partial charge < -0.3 is 13.3 Å². The number of hydrogen-bond donors (Lipinski definition) is 0. The van der Waals surface area contributed by atoms with Crippen LogP contribution in [0.4, 0.5) is 0 Å². The molecule has 0 saturated heterocycles. The van der Waals surface area contributed by atoms with Crippen molar-refractivity contribution in [2.75, 3.05) is 0 Å². The monoisotopic (exact) mass is 656 g/mol. The van der Waals surface area contributed by atoms with E-state index in [9.17, 15) is 0 Å². The third kappa shape index (κ3) is 4.31. The molecule has 11 rings (SSSR count). The van der Waals surface area contributed by atoms with Crippen molar-refractivity contribution in [3.8, 4) is 45.6 Å². The second kappa shape index (κ2) is 10.7. The number of benzene rings is 7. The molecule has 0 N–H and O–H groups in total. The third-order valence-electron chi connectivity index (χ3n) is 9.56. The molecular formula is C44H24N4O3. The molecule has 0 aliphatic carbocycles. The highest BCUT2D eigenvalue weighted by Crippen LogP contribution is 2.41. The van der Waals surface area contributed by atoms with Crippen LogP contribution in [0.15, 0.2) is 159 Å². The Morgan fingerprint density at radius 3 is 1.92 bits per heavy atom. The van der Waals surface area contributed by atoms with Crippen molar-refractivity contribution < 1.29 is 13.3 Å². The van der Waals surface area contributed by atoms with Crippen LogP contribution < -0.4 is 0 Å². The molecule has 0 atom stereocenters. The maximum atomic E-state index is 6.47. The predicted molar refractivity (Wildman–Crippen MR) is 201 cm³/mol. The molecular weight excluding hydrogens is 633 g/mol. The van der Waals surface area contributed by atoms with Crippen LogP contribution in [0, 0.1) is 0 Å². The largest absolute Gasteiger partial charge is 0.456 e. The molecule has 51 heavy (non-hydrogen) atoms. The smallest absolute Gasteiger partial charge is 0.227 e. The van der Waals surface area contributed by atoms with E-state index in [0.29, 0.717) is 28.9 Å². The summed E-state index contributed by atoms with van der Waals surface area (Å²) in [5.74, 6) is 2.23. The van der Waals surface area contributed by atoms with Crippen LogP contribution in [0.25, 0.3) is 111 Å². The van der Waals surface area contributed by atoms with Crippen LogP contribution in [0.2, 0.25) is 0 Å². The van der Waals surface area contributed by atoms with Crippen LogP contribution in [-0.2, 0) is 0 Å². The summed E-state index contributed by atoms with van der Waals surface area (Å²) >= 11 is 0. The predicted octanol–water partition coefficient (Wildman–Crippen LogP) is 11.6.